The molecule has 0 amide bonds. The fraction of sp³-hybridized carbons (Fsp3) is 0.643. The van der Waals surface area contributed by atoms with E-state index < -0.39 is 0 Å². The van der Waals surface area contributed by atoms with Crippen LogP contribution < -0.4 is 5.32 Å². The van der Waals surface area contributed by atoms with E-state index in [1.54, 1.807) is 5.57 Å². The van der Waals surface area contributed by atoms with Gasteiger partial charge in [0.25, 0.3) is 0 Å². The summed E-state index contributed by atoms with van der Waals surface area (Å²) < 4.78 is 0. The summed E-state index contributed by atoms with van der Waals surface area (Å²) in [6.07, 6.45) is 8.83. The predicted octanol–water partition coefficient (Wildman–Crippen LogP) is 3.05. The minimum absolute atomic E-state index is 0.385. The lowest BCUT2D eigenvalue weighted by atomic mass is 9.83. The third kappa shape index (κ3) is 3.43. The zero-order chi connectivity index (χ0) is 12.3. The Hall–Kier alpha value is -1.09. The summed E-state index contributed by atoms with van der Waals surface area (Å²) in [6.45, 7) is 7.86. The zero-order valence-corrected chi connectivity index (χ0v) is 11.0. The highest BCUT2D eigenvalue weighted by Gasteiger charge is 2.18. The van der Waals surface area contributed by atoms with Crippen molar-refractivity contribution in [2.24, 2.45) is 11.8 Å². The number of aromatic amines is 1. The molecule has 0 saturated heterocycles. The molecule has 2 rings (SSSR count). The van der Waals surface area contributed by atoms with Gasteiger partial charge in [0.2, 0.25) is 0 Å². The lowest BCUT2D eigenvalue weighted by Crippen LogP contribution is -2.28. The molecule has 0 aliphatic heterocycles. The molecule has 0 fully saturated rings. The Morgan fingerprint density at radius 2 is 2.41 bits per heavy atom. The van der Waals surface area contributed by atoms with Crippen molar-refractivity contribution in [3.63, 3.8) is 0 Å². The lowest BCUT2D eigenvalue weighted by Gasteiger charge is -2.26. The van der Waals surface area contributed by atoms with Gasteiger partial charge in [0.15, 0.2) is 0 Å². The predicted molar refractivity (Wildman–Crippen MR) is 70.7 cm³/mol. The van der Waals surface area contributed by atoms with Crippen LogP contribution in [0.1, 0.15) is 45.2 Å². The fourth-order valence-corrected chi connectivity index (χ4v) is 2.80. The van der Waals surface area contributed by atoms with Crippen LogP contribution in [0.25, 0.3) is 0 Å². The van der Waals surface area contributed by atoms with E-state index in [0.717, 1.165) is 18.4 Å². The Kier molecular flexibility index (Phi) is 4.00. The van der Waals surface area contributed by atoms with Crippen molar-refractivity contribution in [1.29, 1.82) is 0 Å². The Balaban J connectivity index is 1.81. The van der Waals surface area contributed by atoms with Crippen LogP contribution in [-0.2, 0) is 0 Å². The molecule has 17 heavy (non-hydrogen) atoms. The molecule has 3 nitrogen and oxygen atoms in total. The summed E-state index contributed by atoms with van der Waals surface area (Å²) in [5.74, 6) is 1.52. The number of allylic oxidation sites excluding steroid dienone is 2. The molecule has 1 aromatic heterocycles. The molecule has 1 aliphatic carbocycles. The largest absolute Gasteiger partial charge is 0.310 e. The van der Waals surface area contributed by atoms with Crippen LogP contribution in [0.4, 0.5) is 0 Å². The first kappa shape index (κ1) is 12.4. The average Bonchev–Trinajstić information content (AvgIpc) is 2.78. The van der Waals surface area contributed by atoms with Crippen molar-refractivity contribution >= 4 is 0 Å². The molecule has 1 heterocycles. The Morgan fingerprint density at radius 1 is 1.59 bits per heavy atom. The van der Waals surface area contributed by atoms with Crippen molar-refractivity contribution < 1.29 is 0 Å². The van der Waals surface area contributed by atoms with Gasteiger partial charge in [0.1, 0.15) is 0 Å². The SMILES string of the molecule is CC1=CC(C)CC(CNC(C)c2cn[nH]c2)C1. The maximum absolute atomic E-state index is 3.99. The standard InChI is InChI=1S/C14H23N3/c1-10-4-11(2)6-13(5-10)7-15-12(3)14-8-16-17-9-14/h4,8-10,12-13,15H,5-7H2,1-3H3,(H,16,17). The molecule has 3 unspecified atom stereocenters. The number of aromatic nitrogens is 2. The minimum atomic E-state index is 0.385. The fourth-order valence-electron chi connectivity index (χ4n) is 2.80. The van der Waals surface area contributed by atoms with E-state index in [-0.39, 0.29) is 0 Å². The van der Waals surface area contributed by atoms with Gasteiger partial charge in [-0.3, -0.25) is 5.10 Å². The van der Waals surface area contributed by atoms with Gasteiger partial charge < -0.3 is 5.32 Å². The second kappa shape index (κ2) is 5.50. The van der Waals surface area contributed by atoms with E-state index in [1.807, 2.05) is 12.4 Å². The lowest BCUT2D eigenvalue weighted by molar-refractivity contribution is 0.367. The molecular formula is C14H23N3. The van der Waals surface area contributed by atoms with Crippen LogP contribution in [0, 0.1) is 11.8 Å². The Bertz CT molecular complexity index is 367. The average molecular weight is 233 g/mol. The highest BCUT2D eigenvalue weighted by molar-refractivity contribution is 5.09. The normalized spacial score (nSPS) is 26.6. The summed E-state index contributed by atoms with van der Waals surface area (Å²) >= 11 is 0. The van der Waals surface area contributed by atoms with Crippen LogP contribution in [0.2, 0.25) is 0 Å². The van der Waals surface area contributed by atoms with E-state index in [1.165, 1.54) is 18.4 Å². The molecule has 0 aromatic carbocycles. The van der Waals surface area contributed by atoms with Gasteiger partial charge in [0.05, 0.1) is 6.20 Å². The third-order valence-electron chi connectivity index (χ3n) is 3.62. The van der Waals surface area contributed by atoms with Crippen molar-refractivity contribution in [3.8, 4) is 0 Å². The van der Waals surface area contributed by atoms with Crippen LogP contribution in [0.5, 0.6) is 0 Å². The van der Waals surface area contributed by atoms with E-state index in [4.69, 9.17) is 0 Å². The van der Waals surface area contributed by atoms with Gasteiger partial charge >= 0.3 is 0 Å². The van der Waals surface area contributed by atoms with Crippen LogP contribution in [0.3, 0.4) is 0 Å². The molecule has 3 atom stereocenters. The number of rotatable bonds is 4. The van der Waals surface area contributed by atoms with E-state index in [0.29, 0.717) is 6.04 Å². The van der Waals surface area contributed by atoms with Crippen LogP contribution in [-0.4, -0.2) is 16.7 Å². The van der Waals surface area contributed by atoms with E-state index >= 15 is 0 Å². The highest BCUT2D eigenvalue weighted by Crippen LogP contribution is 2.27. The minimum Gasteiger partial charge on any atom is -0.310 e. The molecule has 2 N–H and O–H groups in total. The number of hydrogen-bond donors (Lipinski definition) is 2. The Labute approximate surface area is 104 Å². The summed E-state index contributed by atoms with van der Waals surface area (Å²) in [5.41, 5.74) is 2.78. The molecule has 0 saturated carbocycles. The van der Waals surface area contributed by atoms with Crippen molar-refractivity contribution in [2.45, 2.75) is 39.7 Å². The quantitative estimate of drug-likeness (QED) is 0.785. The summed E-state index contributed by atoms with van der Waals surface area (Å²) in [7, 11) is 0. The second-order valence-corrected chi connectivity index (χ2v) is 5.46. The molecule has 94 valence electrons. The van der Waals surface area contributed by atoms with Gasteiger partial charge in [0, 0.05) is 17.8 Å². The number of nitrogens with one attached hydrogen (secondary N) is 2. The number of nitrogens with zero attached hydrogens (tertiary/aromatic N) is 1. The maximum atomic E-state index is 3.99. The maximum Gasteiger partial charge on any atom is 0.0534 e. The van der Waals surface area contributed by atoms with Gasteiger partial charge in [-0.15, -0.1) is 0 Å². The van der Waals surface area contributed by atoms with Gasteiger partial charge in [-0.25, -0.2) is 0 Å². The van der Waals surface area contributed by atoms with E-state index in [2.05, 4.69) is 42.4 Å². The zero-order valence-electron chi connectivity index (χ0n) is 11.0. The third-order valence-corrected chi connectivity index (χ3v) is 3.62. The first-order chi connectivity index (χ1) is 8.15. The van der Waals surface area contributed by atoms with Crippen molar-refractivity contribution in [2.75, 3.05) is 6.54 Å². The van der Waals surface area contributed by atoms with Gasteiger partial charge in [-0.1, -0.05) is 18.6 Å². The van der Waals surface area contributed by atoms with Crippen molar-refractivity contribution in [1.82, 2.24) is 15.5 Å². The van der Waals surface area contributed by atoms with E-state index in [9.17, 15) is 0 Å². The second-order valence-electron chi connectivity index (χ2n) is 5.46. The smallest absolute Gasteiger partial charge is 0.0534 e. The topological polar surface area (TPSA) is 40.7 Å². The molecule has 0 bridgehead atoms. The van der Waals surface area contributed by atoms with Gasteiger partial charge in [-0.05, 0) is 45.1 Å². The Morgan fingerprint density at radius 3 is 3.06 bits per heavy atom. The van der Waals surface area contributed by atoms with Crippen molar-refractivity contribution in [3.05, 3.63) is 29.6 Å². The summed E-state index contributed by atoms with van der Waals surface area (Å²) in [6, 6.07) is 0.385. The summed E-state index contributed by atoms with van der Waals surface area (Å²) in [5, 5.41) is 10.5. The summed E-state index contributed by atoms with van der Waals surface area (Å²) in [4.78, 5) is 0. The molecule has 1 aromatic rings. The van der Waals surface area contributed by atoms with Gasteiger partial charge in [-0.2, -0.15) is 5.10 Å². The molecule has 0 spiro atoms. The molecule has 1 aliphatic rings. The first-order valence-electron chi connectivity index (χ1n) is 6.54. The van der Waals surface area contributed by atoms with Crippen LogP contribution in [0.15, 0.2) is 24.0 Å². The first-order valence-corrected chi connectivity index (χ1v) is 6.54. The van der Waals surface area contributed by atoms with Crippen LogP contribution >= 0.6 is 0 Å². The number of hydrogen-bond acceptors (Lipinski definition) is 2. The highest BCUT2D eigenvalue weighted by atomic mass is 15.1. The monoisotopic (exact) mass is 233 g/mol. The molecule has 0 radical (unpaired) electrons. The number of H-pyrrole nitrogens is 1. The molecular weight excluding hydrogens is 210 g/mol. The molecule has 3 heteroatoms.